The first-order valence-electron chi connectivity index (χ1n) is 5.09. The molecule has 0 saturated carbocycles. The number of aliphatic hydroxyl groups is 1. The predicted molar refractivity (Wildman–Crippen MR) is 56.2 cm³/mol. The van der Waals surface area contributed by atoms with Gasteiger partial charge in [0.2, 0.25) is 0 Å². The van der Waals surface area contributed by atoms with Gasteiger partial charge in [0.1, 0.15) is 0 Å². The van der Waals surface area contributed by atoms with Crippen LogP contribution in [0.4, 0.5) is 13.2 Å². The number of halogens is 3. The second-order valence-electron chi connectivity index (χ2n) is 4.46. The van der Waals surface area contributed by atoms with E-state index >= 15 is 0 Å². The summed E-state index contributed by atoms with van der Waals surface area (Å²) >= 11 is 0. The van der Waals surface area contributed by atoms with Gasteiger partial charge in [-0.15, -0.1) is 0 Å². The zero-order valence-electron chi connectivity index (χ0n) is 10.1. The molecule has 0 amide bonds. The average molecular weight is 254 g/mol. The fourth-order valence-corrected chi connectivity index (χ4v) is 1.19. The number of carbonyl (C=O) groups excluding carboxylic acids is 1. The van der Waals surface area contributed by atoms with E-state index in [-0.39, 0.29) is 12.2 Å². The van der Waals surface area contributed by atoms with E-state index in [1.54, 1.807) is 0 Å². The normalized spacial score (nSPS) is 17.1. The summed E-state index contributed by atoms with van der Waals surface area (Å²) in [5.41, 5.74) is -2.60. The van der Waals surface area contributed by atoms with E-state index in [1.807, 2.05) is 0 Å². The Morgan fingerprint density at radius 3 is 2.29 bits per heavy atom. The van der Waals surface area contributed by atoms with Crippen LogP contribution >= 0.6 is 0 Å². The maximum atomic E-state index is 12.3. The molecule has 0 saturated heterocycles. The molecular formula is C11H17F3O3. The van der Waals surface area contributed by atoms with Crippen LogP contribution in [0, 0.1) is 5.92 Å². The molecule has 0 rings (SSSR count). The molecule has 0 spiro atoms. The lowest BCUT2D eigenvalue weighted by Gasteiger charge is -2.28. The highest BCUT2D eigenvalue weighted by molar-refractivity contribution is 5.86. The van der Waals surface area contributed by atoms with Crippen molar-refractivity contribution in [1.29, 1.82) is 0 Å². The van der Waals surface area contributed by atoms with E-state index in [4.69, 9.17) is 4.74 Å². The Morgan fingerprint density at radius 2 is 1.94 bits per heavy atom. The Kier molecular flexibility index (Phi) is 5.19. The smallest absolute Gasteiger partial charge is 0.416 e. The zero-order chi connectivity index (χ0) is 13.9. The lowest BCUT2D eigenvalue weighted by molar-refractivity contribution is -0.258. The minimum absolute atomic E-state index is 0.180. The van der Waals surface area contributed by atoms with Crippen molar-refractivity contribution in [3.8, 4) is 0 Å². The van der Waals surface area contributed by atoms with Crippen LogP contribution in [0.3, 0.4) is 0 Å². The summed E-state index contributed by atoms with van der Waals surface area (Å²) in [6.07, 6.45) is -5.22. The first-order valence-corrected chi connectivity index (χ1v) is 5.09. The van der Waals surface area contributed by atoms with Crippen molar-refractivity contribution >= 4 is 5.97 Å². The van der Waals surface area contributed by atoms with Gasteiger partial charge in [-0.3, -0.25) is 0 Å². The number of carbonyl (C=O) groups is 1. The topological polar surface area (TPSA) is 46.5 Å². The molecule has 2 unspecified atom stereocenters. The van der Waals surface area contributed by atoms with Crippen molar-refractivity contribution in [3.05, 3.63) is 12.2 Å². The van der Waals surface area contributed by atoms with Gasteiger partial charge in [0.05, 0.1) is 6.61 Å². The van der Waals surface area contributed by atoms with E-state index in [2.05, 4.69) is 6.58 Å². The summed E-state index contributed by atoms with van der Waals surface area (Å²) in [7, 11) is 0. The molecule has 3 nitrogen and oxygen atoms in total. The fourth-order valence-electron chi connectivity index (χ4n) is 1.19. The molecule has 0 aromatic rings. The molecule has 1 N–H and O–H groups in total. The second kappa shape index (κ2) is 5.53. The fraction of sp³-hybridized carbons (Fsp3) is 0.727. The Labute approximate surface area is 98.3 Å². The molecular weight excluding hydrogens is 237 g/mol. The lowest BCUT2D eigenvalue weighted by Crippen LogP contribution is -2.43. The molecule has 0 aliphatic rings. The number of hydrogen-bond acceptors (Lipinski definition) is 3. The van der Waals surface area contributed by atoms with Gasteiger partial charge in [-0.05, 0) is 26.2 Å². The molecule has 0 aromatic carbocycles. The maximum absolute atomic E-state index is 12.3. The highest BCUT2D eigenvalue weighted by Gasteiger charge is 2.50. The van der Waals surface area contributed by atoms with Gasteiger partial charge < -0.3 is 9.84 Å². The molecule has 0 fully saturated rings. The zero-order valence-corrected chi connectivity index (χ0v) is 10.1. The third kappa shape index (κ3) is 5.21. The summed E-state index contributed by atoms with van der Waals surface area (Å²) < 4.78 is 41.8. The molecule has 0 heterocycles. The predicted octanol–water partition coefficient (Wildman–Crippen LogP) is 2.45. The Morgan fingerprint density at radius 1 is 1.47 bits per heavy atom. The van der Waals surface area contributed by atoms with Crippen molar-refractivity contribution in [2.45, 2.75) is 39.0 Å². The minimum atomic E-state index is -4.69. The molecule has 17 heavy (non-hydrogen) atoms. The van der Waals surface area contributed by atoms with Gasteiger partial charge >= 0.3 is 12.1 Å². The summed E-state index contributed by atoms with van der Waals surface area (Å²) in [5.74, 6) is -1.25. The SMILES string of the molecule is C=C(C)C(=O)OCC(C)CC(C)(O)C(F)(F)F. The Hall–Kier alpha value is -1.04. The van der Waals surface area contributed by atoms with Crippen LogP contribution < -0.4 is 0 Å². The summed E-state index contributed by atoms with van der Waals surface area (Å²) in [5, 5.41) is 9.21. The lowest BCUT2D eigenvalue weighted by atomic mass is 9.93. The molecule has 100 valence electrons. The largest absolute Gasteiger partial charge is 0.462 e. The molecule has 0 radical (unpaired) electrons. The van der Waals surface area contributed by atoms with E-state index < -0.39 is 30.1 Å². The van der Waals surface area contributed by atoms with E-state index in [0.717, 1.165) is 0 Å². The highest BCUT2D eigenvalue weighted by Crippen LogP contribution is 2.34. The van der Waals surface area contributed by atoms with Gasteiger partial charge in [-0.25, -0.2) is 4.79 Å². The molecule has 0 aromatic heterocycles. The number of alkyl halides is 3. The van der Waals surface area contributed by atoms with Crippen LogP contribution in [0.15, 0.2) is 12.2 Å². The minimum Gasteiger partial charge on any atom is -0.462 e. The summed E-state index contributed by atoms with van der Waals surface area (Å²) in [6.45, 7) is 6.77. The first-order chi connectivity index (χ1) is 7.47. The van der Waals surface area contributed by atoms with Gasteiger partial charge in [-0.2, -0.15) is 13.2 Å². The molecule has 0 aliphatic carbocycles. The number of hydrogen-bond donors (Lipinski definition) is 1. The maximum Gasteiger partial charge on any atom is 0.416 e. The van der Waals surface area contributed by atoms with Crippen molar-refractivity contribution in [2.24, 2.45) is 5.92 Å². The Bertz CT molecular complexity index is 295. The summed E-state index contributed by atoms with van der Waals surface area (Å²) in [6, 6.07) is 0. The Balaban J connectivity index is 4.24. The van der Waals surface area contributed by atoms with Crippen LogP contribution in [0.2, 0.25) is 0 Å². The second-order valence-corrected chi connectivity index (χ2v) is 4.46. The summed E-state index contributed by atoms with van der Waals surface area (Å²) in [4.78, 5) is 11.0. The quantitative estimate of drug-likeness (QED) is 0.605. The molecule has 6 heteroatoms. The van der Waals surface area contributed by atoms with Gasteiger partial charge in [0.15, 0.2) is 5.60 Å². The van der Waals surface area contributed by atoms with E-state index in [1.165, 1.54) is 13.8 Å². The third-order valence-corrected chi connectivity index (χ3v) is 2.20. The van der Waals surface area contributed by atoms with Crippen LogP contribution in [-0.2, 0) is 9.53 Å². The van der Waals surface area contributed by atoms with Crippen molar-refractivity contribution < 1.29 is 27.8 Å². The van der Waals surface area contributed by atoms with Crippen molar-refractivity contribution in [3.63, 3.8) is 0 Å². The van der Waals surface area contributed by atoms with Crippen LogP contribution in [0.5, 0.6) is 0 Å². The van der Waals surface area contributed by atoms with Crippen LogP contribution in [0.1, 0.15) is 27.2 Å². The van der Waals surface area contributed by atoms with Crippen molar-refractivity contribution in [2.75, 3.05) is 6.61 Å². The number of rotatable bonds is 5. The van der Waals surface area contributed by atoms with Crippen LogP contribution in [-0.4, -0.2) is 29.5 Å². The highest BCUT2D eigenvalue weighted by atomic mass is 19.4. The van der Waals surface area contributed by atoms with Gasteiger partial charge in [0.25, 0.3) is 0 Å². The van der Waals surface area contributed by atoms with Crippen molar-refractivity contribution in [1.82, 2.24) is 0 Å². The van der Waals surface area contributed by atoms with E-state index in [0.29, 0.717) is 6.92 Å². The standard InChI is InChI=1S/C11H17F3O3/c1-7(2)9(15)17-6-8(3)5-10(4,16)11(12,13)14/h8,16H,1,5-6H2,2-4H3. The first kappa shape index (κ1) is 16.0. The molecule has 2 atom stereocenters. The third-order valence-electron chi connectivity index (χ3n) is 2.20. The molecule has 0 bridgehead atoms. The van der Waals surface area contributed by atoms with E-state index in [9.17, 15) is 23.1 Å². The number of ether oxygens (including phenoxy) is 1. The monoisotopic (exact) mass is 254 g/mol. The number of esters is 1. The van der Waals surface area contributed by atoms with Gasteiger partial charge in [-0.1, -0.05) is 13.5 Å². The molecule has 0 aliphatic heterocycles. The average Bonchev–Trinajstić information content (AvgIpc) is 2.11. The van der Waals surface area contributed by atoms with Crippen LogP contribution in [0.25, 0.3) is 0 Å². The van der Waals surface area contributed by atoms with Gasteiger partial charge in [0, 0.05) is 5.57 Å².